The average Bonchev–Trinajstić information content (AvgIpc) is 2.47. The second kappa shape index (κ2) is 5.94. The molecule has 0 unspecified atom stereocenters. The maximum absolute atomic E-state index is 13.1. The number of anilines is 1. The SMILES string of the molecule is Cc1nc(NC(C)C)c2cc(P3(=O)CCNCC3)ncc2n1. The normalized spacial score (nSPS) is 17.8. The van der Waals surface area contributed by atoms with E-state index in [2.05, 4.69) is 39.4 Å². The maximum atomic E-state index is 13.1. The third-order valence-corrected chi connectivity index (χ3v) is 6.79. The Morgan fingerprint density at radius 1 is 1.27 bits per heavy atom. The molecule has 0 saturated carbocycles. The van der Waals surface area contributed by atoms with Gasteiger partial charge in [-0.2, -0.15) is 0 Å². The molecule has 7 heteroatoms. The Morgan fingerprint density at radius 3 is 2.68 bits per heavy atom. The van der Waals surface area contributed by atoms with E-state index in [9.17, 15) is 4.57 Å². The standard InChI is InChI=1S/C15H22N5OP/c1-10(2)18-15-12-8-14(22(21)6-4-16-5-7-22)17-9-13(12)19-11(3)20-15/h8-10,16H,4-7H2,1-3H3,(H,18,19,20). The highest BCUT2D eigenvalue weighted by Crippen LogP contribution is 2.44. The second-order valence-corrected chi connectivity index (χ2v) is 9.20. The summed E-state index contributed by atoms with van der Waals surface area (Å²) in [5.74, 6) is 1.50. The molecular weight excluding hydrogens is 297 g/mol. The van der Waals surface area contributed by atoms with Crippen LogP contribution in [0.1, 0.15) is 19.7 Å². The molecule has 3 rings (SSSR count). The molecule has 2 N–H and O–H groups in total. The monoisotopic (exact) mass is 319 g/mol. The number of rotatable bonds is 3. The summed E-state index contributed by atoms with van der Waals surface area (Å²) >= 11 is 0. The molecule has 2 aromatic rings. The van der Waals surface area contributed by atoms with E-state index in [4.69, 9.17) is 0 Å². The van der Waals surface area contributed by atoms with Crippen molar-refractivity contribution in [2.45, 2.75) is 26.8 Å². The van der Waals surface area contributed by atoms with Gasteiger partial charge in [-0.15, -0.1) is 0 Å². The number of aryl methyl sites for hydroxylation is 1. The van der Waals surface area contributed by atoms with Gasteiger partial charge in [0.2, 0.25) is 0 Å². The molecule has 1 fully saturated rings. The fraction of sp³-hybridized carbons (Fsp3) is 0.533. The van der Waals surface area contributed by atoms with E-state index >= 15 is 0 Å². The highest BCUT2D eigenvalue weighted by molar-refractivity contribution is 7.71. The highest BCUT2D eigenvalue weighted by atomic mass is 31.2. The second-order valence-electron chi connectivity index (χ2n) is 6.06. The molecule has 0 aromatic carbocycles. The zero-order chi connectivity index (χ0) is 15.7. The molecule has 0 amide bonds. The molecule has 1 saturated heterocycles. The molecule has 1 aliphatic rings. The van der Waals surface area contributed by atoms with E-state index in [1.54, 1.807) is 6.20 Å². The van der Waals surface area contributed by atoms with Crippen LogP contribution in [0.2, 0.25) is 0 Å². The van der Waals surface area contributed by atoms with Crippen LogP contribution in [-0.4, -0.2) is 46.4 Å². The van der Waals surface area contributed by atoms with Crippen LogP contribution in [0.25, 0.3) is 10.9 Å². The molecule has 0 atom stereocenters. The molecule has 0 spiro atoms. The Bertz CT molecular complexity index is 736. The maximum Gasteiger partial charge on any atom is 0.137 e. The van der Waals surface area contributed by atoms with Crippen LogP contribution >= 0.6 is 7.14 Å². The van der Waals surface area contributed by atoms with Gasteiger partial charge in [-0.05, 0) is 26.8 Å². The fourth-order valence-electron chi connectivity index (χ4n) is 2.73. The Kier molecular flexibility index (Phi) is 4.15. The summed E-state index contributed by atoms with van der Waals surface area (Å²) in [6, 6.07) is 2.19. The molecule has 0 aliphatic carbocycles. The molecule has 6 nitrogen and oxygen atoms in total. The Morgan fingerprint density at radius 2 is 2.00 bits per heavy atom. The van der Waals surface area contributed by atoms with E-state index in [1.807, 2.05) is 13.0 Å². The lowest BCUT2D eigenvalue weighted by Gasteiger charge is -2.23. The van der Waals surface area contributed by atoms with Gasteiger partial charge in [-0.3, -0.25) is 4.98 Å². The minimum atomic E-state index is -2.39. The van der Waals surface area contributed by atoms with Crippen LogP contribution in [0, 0.1) is 6.92 Å². The first kappa shape index (κ1) is 15.4. The van der Waals surface area contributed by atoms with E-state index in [-0.39, 0.29) is 6.04 Å². The van der Waals surface area contributed by atoms with Gasteiger partial charge in [0.1, 0.15) is 24.2 Å². The summed E-state index contributed by atoms with van der Waals surface area (Å²) in [6.07, 6.45) is 3.07. The third kappa shape index (κ3) is 2.99. The number of nitrogens with zero attached hydrogens (tertiary/aromatic N) is 3. The number of fused-ring (bicyclic) bond motifs is 1. The van der Waals surface area contributed by atoms with Crippen LogP contribution in [-0.2, 0) is 4.57 Å². The van der Waals surface area contributed by atoms with Gasteiger partial charge in [-0.1, -0.05) is 0 Å². The van der Waals surface area contributed by atoms with E-state index in [1.165, 1.54) is 0 Å². The van der Waals surface area contributed by atoms with Crippen LogP contribution in [0.5, 0.6) is 0 Å². The third-order valence-electron chi connectivity index (χ3n) is 3.82. The van der Waals surface area contributed by atoms with Crippen molar-refractivity contribution in [2.24, 2.45) is 0 Å². The summed E-state index contributed by atoms with van der Waals surface area (Å²) in [4.78, 5) is 13.4. The van der Waals surface area contributed by atoms with Crippen molar-refractivity contribution >= 4 is 29.3 Å². The van der Waals surface area contributed by atoms with Crippen molar-refractivity contribution in [3.05, 3.63) is 18.1 Å². The van der Waals surface area contributed by atoms with Crippen molar-refractivity contribution in [3.63, 3.8) is 0 Å². The fourth-order valence-corrected chi connectivity index (χ4v) is 5.08. The quantitative estimate of drug-likeness (QED) is 0.839. The van der Waals surface area contributed by atoms with Crippen LogP contribution in [0.15, 0.2) is 12.3 Å². The summed E-state index contributed by atoms with van der Waals surface area (Å²) < 4.78 is 13.1. The van der Waals surface area contributed by atoms with E-state index in [0.29, 0.717) is 23.6 Å². The summed E-state index contributed by atoms with van der Waals surface area (Å²) in [7, 11) is -2.39. The lowest BCUT2D eigenvalue weighted by Crippen LogP contribution is -2.33. The molecule has 0 bridgehead atoms. The first-order valence-corrected chi connectivity index (χ1v) is 9.76. The molecular formula is C15H22N5OP. The first-order valence-electron chi connectivity index (χ1n) is 7.68. The number of aromatic nitrogens is 3. The highest BCUT2D eigenvalue weighted by Gasteiger charge is 2.29. The predicted octanol–water partition coefficient (Wildman–Crippen LogP) is 1.75. The van der Waals surface area contributed by atoms with Gasteiger partial charge >= 0.3 is 0 Å². The van der Waals surface area contributed by atoms with Gasteiger partial charge in [0.15, 0.2) is 0 Å². The molecule has 0 radical (unpaired) electrons. The van der Waals surface area contributed by atoms with E-state index in [0.717, 1.165) is 29.8 Å². The molecule has 1 aliphatic heterocycles. The van der Waals surface area contributed by atoms with Crippen LogP contribution in [0.4, 0.5) is 5.82 Å². The van der Waals surface area contributed by atoms with Gasteiger partial charge in [0, 0.05) is 36.8 Å². The molecule has 118 valence electrons. The minimum Gasteiger partial charge on any atom is -0.367 e. The Labute approximate surface area is 130 Å². The van der Waals surface area contributed by atoms with E-state index < -0.39 is 7.14 Å². The van der Waals surface area contributed by atoms with Crippen LogP contribution < -0.4 is 16.1 Å². The molecule has 2 aromatic heterocycles. The average molecular weight is 319 g/mol. The minimum absolute atomic E-state index is 0.268. The smallest absolute Gasteiger partial charge is 0.137 e. The summed E-state index contributed by atoms with van der Waals surface area (Å²) in [5, 5.41) is 7.51. The van der Waals surface area contributed by atoms with Crippen molar-refractivity contribution in [3.8, 4) is 0 Å². The van der Waals surface area contributed by atoms with Gasteiger partial charge in [-0.25, -0.2) is 9.97 Å². The molecule has 3 heterocycles. The van der Waals surface area contributed by atoms with Crippen molar-refractivity contribution in [2.75, 3.05) is 30.7 Å². The van der Waals surface area contributed by atoms with Crippen molar-refractivity contribution in [1.29, 1.82) is 0 Å². The predicted molar refractivity (Wildman–Crippen MR) is 90.7 cm³/mol. The van der Waals surface area contributed by atoms with Gasteiger partial charge < -0.3 is 15.2 Å². The largest absolute Gasteiger partial charge is 0.367 e. The van der Waals surface area contributed by atoms with Gasteiger partial charge in [0.05, 0.1) is 11.7 Å². The van der Waals surface area contributed by atoms with Gasteiger partial charge in [0.25, 0.3) is 0 Å². The summed E-state index contributed by atoms with van der Waals surface area (Å²) in [6.45, 7) is 7.59. The summed E-state index contributed by atoms with van der Waals surface area (Å²) in [5.41, 5.74) is 1.50. The number of hydrogen-bond donors (Lipinski definition) is 2. The zero-order valence-electron chi connectivity index (χ0n) is 13.3. The number of nitrogens with one attached hydrogen (secondary N) is 2. The topological polar surface area (TPSA) is 79.8 Å². The first-order chi connectivity index (χ1) is 10.5. The molecule has 22 heavy (non-hydrogen) atoms. The lowest BCUT2D eigenvalue weighted by molar-refractivity contribution is 0.568. The Hall–Kier alpha value is -1.52. The van der Waals surface area contributed by atoms with Crippen molar-refractivity contribution < 1.29 is 4.57 Å². The zero-order valence-corrected chi connectivity index (χ0v) is 14.2. The number of hydrogen-bond acceptors (Lipinski definition) is 6. The lowest BCUT2D eigenvalue weighted by atomic mass is 10.2. The Balaban J connectivity index is 2.11. The number of pyridine rings is 1. The van der Waals surface area contributed by atoms with Crippen LogP contribution in [0.3, 0.4) is 0 Å². The van der Waals surface area contributed by atoms with Crippen molar-refractivity contribution in [1.82, 2.24) is 20.3 Å².